The van der Waals surface area contributed by atoms with Crippen LogP contribution in [0.5, 0.6) is 0 Å². The van der Waals surface area contributed by atoms with Gasteiger partial charge in [-0.05, 0) is 13.3 Å². The van der Waals surface area contributed by atoms with Crippen molar-refractivity contribution in [3.63, 3.8) is 0 Å². The third-order valence-corrected chi connectivity index (χ3v) is 2.72. The van der Waals surface area contributed by atoms with Crippen molar-refractivity contribution in [2.45, 2.75) is 52.6 Å². The quantitative estimate of drug-likeness (QED) is 0.561. The van der Waals surface area contributed by atoms with Crippen molar-refractivity contribution in [3.05, 3.63) is 11.4 Å². The topological polar surface area (TPSA) is 83.0 Å². The van der Waals surface area contributed by atoms with Gasteiger partial charge in [0.05, 0.1) is 12.3 Å². The fourth-order valence-corrected chi connectivity index (χ4v) is 1.76. The fourth-order valence-electron chi connectivity index (χ4n) is 1.76. The van der Waals surface area contributed by atoms with Crippen LogP contribution in [-0.2, 0) is 17.8 Å². The lowest BCUT2D eigenvalue weighted by Gasteiger charge is -2.05. The van der Waals surface area contributed by atoms with Crippen LogP contribution in [-0.4, -0.2) is 27.6 Å². The summed E-state index contributed by atoms with van der Waals surface area (Å²) in [5, 5.41) is 7.84. The first-order valence-corrected chi connectivity index (χ1v) is 6.54. The van der Waals surface area contributed by atoms with Crippen LogP contribution < -0.4 is 5.73 Å². The van der Waals surface area contributed by atoms with Gasteiger partial charge in [-0.3, -0.25) is 0 Å². The maximum Gasteiger partial charge on any atom is 0.360 e. The fraction of sp³-hybridized carbons (Fsp3) is 0.750. The Labute approximate surface area is 107 Å². The van der Waals surface area contributed by atoms with Crippen molar-refractivity contribution in [2.75, 3.05) is 6.61 Å². The highest BCUT2D eigenvalue weighted by Crippen LogP contribution is 2.09. The summed E-state index contributed by atoms with van der Waals surface area (Å²) in [7, 11) is 0. The molecule has 0 radical (unpaired) electrons. The van der Waals surface area contributed by atoms with E-state index < -0.39 is 5.97 Å². The van der Waals surface area contributed by atoms with E-state index in [0.717, 1.165) is 19.4 Å². The lowest BCUT2D eigenvalue weighted by atomic mass is 10.2. The van der Waals surface area contributed by atoms with Gasteiger partial charge in [0.15, 0.2) is 5.69 Å². The van der Waals surface area contributed by atoms with Crippen molar-refractivity contribution in [1.29, 1.82) is 0 Å². The number of carbonyl (C=O) groups excluding carboxylic acids is 1. The molecule has 6 nitrogen and oxygen atoms in total. The molecule has 0 bridgehead atoms. The number of carbonyl (C=O) groups is 1. The lowest BCUT2D eigenvalue weighted by molar-refractivity contribution is 0.0518. The van der Waals surface area contributed by atoms with Crippen LogP contribution in [0.2, 0.25) is 0 Å². The van der Waals surface area contributed by atoms with Crippen molar-refractivity contribution in [1.82, 2.24) is 15.0 Å². The van der Waals surface area contributed by atoms with Crippen molar-refractivity contribution in [3.8, 4) is 0 Å². The molecule has 6 heteroatoms. The van der Waals surface area contributed by atoms with Gasteiger partial charge in [-0.2, -0.15) is 0 Å². The Morgan fingerprint density at radius 2 is 2.11 bits per heavy atom. The Balaban J connectivity index is 2.66. The number of unbranched alkanes of at least 4 members (excludes halogenated alkanes) is 3. The zero-order valence-electron chi connectivity index (χ0n) is 11.2. The molecule has 1 aromatic heterocycles. The zero-order chi connectivity index (χ0) is 13.4. The summed E-state index contributed by atoms with van der Waals surface area (Å²) in [6.45, 7) is 5.24. The molecule has 1 aromatic rings. The van der Waals surface area contributed by atoms with Crippen LogP contribution >= 0.6 is 0 Å². The van der Waals surface area contributed by atoms with Crippen LogP contribution in [0.1, 0.15) is 55.7 Å². The van der Waals surface area contributed by atoms with Crippen LogP contribution in [0.25, 0.3) is 0 Å². The summed E-state index contributed by atoms with van der Waals surface area (Å²) in [6.07, 6.45) is 4.56. The third kappa shape index (κ3) is 3.80. The maximum absolute atomic E-state index is 11.6. The van der Waals surface area contributed by atoms with Gasteiger partial charge in [0.1, 0.15) is 0 Å². The van der Waals surface area contributed by atoms with Gasteiger partial charge >= 0.3 is 5.97 Å². The van der Waals surface area contributed by atoms with Gasteiger partial charge < -0.3 is 10.5 Å². The summed E-state index contributed by atoms with van der Waals surface area (Å²) < 4.78 is 6.63. The predicted octanol–water partition coefficient (Wildman–Crippen LogP) is 1.49. The number of ether oxygens (including phenoxy) is 1. The van der Waals surface area contributed by atoms with Crippen LogP contribution in [0.15, 0.2) is 0 Å². The molecule has 0 unspecified atom stereocenters. The first-order chi connectivity index (χ1) is 8.74. The molecule has 1 heterocycles. The van der Waals surface area contributed by atoms with E-state index in [2.05, 4.69) is 17.2 Å². The molecule has 0 fully saturated rings. The standard InChI is InChI=1S/C12H22N4O2/c1-3-5-6-7-8-16-10(9-13)11(14-15-16)12(17)18-4-2/h3-9,13H2,1-2H3. The summed E-state index contributed by atoms with van der Waals surface area (Å²) in [5.41, 5.74) is 6.55. The molecule has 18 heavy (non-hydrogen) atoms. The van der Waals surface area contributed by atoms with Crippen molar-refractivity contribution >= 4 is 5.97 Å². The first kappa shape index (κ1) is 14.6. The molecule has 0 aromatic carbocycles. The molecule has 0 spiro atoms. The van der Waals surface area contributed by atoms with E-state index in [-0.39, 0.29) is 12.2 Å². The Kier molecular flexibility index (Phi) is 6.35. The molecule has 0 saturated heterocycles. The van der Waals surface area contributed by atoms with E-state index in [1.807, 2.05) is 0 Å². The predicted molar refractivity (Wildman–Crippen MR) is 68.0 cm³/mol. The number of hydrogen-bond acceptors (Lipinski definition) is 5. The maximum atomic E-state index is 11.6. The first-order valence-electron chi connectivity index (χ1n) is 6.54. The van der Waals surface area contributed by atoms with Crippen LogP contribution in [0.4, 0.5) is 0 Å². The molecular weight excluding hydrogens is 232 g/mol. The second kappa shape index (κ2) is 7.81. The summed E-state index contributed by atoms with van der Waals surface area (Å²) in [5.74, 6) is -0.447. The Hall–Kier alpha value is -1.43. The number of aryl methyl sites for hydroxylation is 1. The van der Waals surface area contributed by atoms with E-state index >= 15 is 0 Å². The molecule has 2 N–H and O–H groups in total. The van der Waals surface area contributed by atoms with E-state index in [1.54, 1.807) is 11.6 Å². The van der Waals surface area contributed by atoms with Gasteiger partial charge in [0.2, 0.25) is 0 Å². The Morgan fingerprint density at radius 1 is 1.33 bits per heavy atom. The van der Waals surface area contributed by atoms with Crippen molar-refractivity contribution < 1.29 is 9.53 Å². The van der Waals surface area contributed by atoms with E-state index in [9.17, 15) is 4.79 Å². The highest BCUT2D eigenvalue weighted by Gasteiger charge is 2.19. The number of rotatable bonds is 8. The van der Waals surface area contributed by atoms with Gasteiger partial charge in [-0.15, -0.1) is 5.10 Å². The summed E-state index contributed by atoms with van der Waals surface area (Å²) in [6, 6.07) is 0. The lowest BCUT2D eigenvalue weighted by Crippen LogP contribution is -2.14. The molecule has 0 atom stereocenters. The minimum absolute atomic E-state index is 0.245. The van der Waals surface area contributed by atoms with Crippen LogP contribution in [0, 0.1) is 0 Å². The number of nitrogens with two attached hydrogens (primary N) is 1. The normalized spacial score (nSPS) is 10.6. The van der Waals surface area contributed by atoms with Gasteiger partial charge in [0, 0.05) is 13.1 Å². The Bertz CT molecular complexity index is 376. The van der Waals surface area contributed by atoms with Crippen molar-refractivity contribution in [2.24, 2.45) is 5.73 Å². The molecule has 0 aliphatic carbocycles. The zero-order valence-corrected chi connectivity index (χ0v) is 11.2. The minimum Gasteiger partial charge on any atom is -0.461 e. The summed E-state index contributed by atoms with van der Waals surface area (Å²) >= 11 is 0. The second-order valence-corrected chi connectivity index (χ2v) is 4.09. The van der Waals surface area contributed by atoms with E-state index in [0.29, 0.717) is 12.3 Å². The SMILES string of the molecule is CCCCCCn1nnc(C(=O)OCC)c1CN. The number of nitrogens with zero attached hydrogens (tertiary/aromatic N) is 3. The molecule has 1 rings (SSSR count). The van der Waals surface area contributed by atoms with Gasteiger partial charge in [-0.25, -0.2) is 9.48 Å². The smallest absolute Gasteiger partial charge is 0.360 e. The molecule has 0 aliphatic heterocycles. The number of hydrogen-bond donors (Lipinski definition) is 1. The highest BCUT2D eigenvalue weighted by molar-refractivity contribution is 5.88. The van der Waals surface area contributed by atoms with Crippen LogP contribution in [0.3, 0.4) is 0 Å². The average molecular weight is 254 g/mol. The minimum atomic E-state index is -0.447. The average Bonchev–Trinajstić information content (AvgIpc) is 2.78. The second-order valence-electron chi connectivity index (χ2n) is 4.09. The molecule has 0 aliphatic rings. The highest BCUT2D eigenvalue weighted by atomic mass is 16.5. The van der Waals surface area contributed by atoms with Gasteiger partial charge in [-0.1, -0.05) is 31.4 Å². The third-order valence-electron chi connectivity index (χ3n) is 2.72. The molecule has 0 amide bonds. The Morgan fingerprint density at radius 3 is 2.72 bits per heavy atom. The van der Waals surface area contributed by atoms with E-state index in [4.69, 9.17) is 10.5 Å². The molecular formula is C12H22N4O2. The number of aromatic nitrogens is 3. The molecule has 0 saturated carbocycles. The van der Waals surface area contributed by atoms with Gasteiger partial charge in [0.25, 0.3) is 0 Å². The van der Waals surface area contributed by atoms with E-state index in [1.165, 1.54) is 12.8 Å². The number of esters is 1. The summed E-state index contributed by atoms with van der Waals surface area (Å²) in [4.78, 5) is 11.6. The monoisotopic (exact) mass is 254 g/mol. The largest absolute Gasteiger partial charge is 0.461 e. The molecule has 102 valence electrons.